The molecule has 0 aliphatic heterocycles. The predicted molar refractivity (Wildman–Crippen MR) is 78.4 cm³/mol. The van der Waals surface area contributed by atoms with Gasteiger partial charge < -0.3 is 10.1 Å². The van der Waals surface area contributed by atoms with Crippen molar-refractivity contribution >= 4 is 11.8 Å². The van der Waals surface area contributed by atoms with Crippen LogP contribution in [0.4, 0.5) is 0 Å². The number of hydrogen-bond acceptors (Lipinski definition) is 5. The van der Waals surface area contributed by atoms with Crippen molar-refractivity contribution in [1.82, 2.24) is 21.2 Å². The van der Waals surface area contributed by atoms with Crippen LogP contribution >= 0.6 is 0 Å². The van der Waals surface area contributed by atoms with Gasteiger partial charge in [0.15, 0.2) is 0 Å². The van der Waals surface area contributed by atoms with Gasteiger partial charge in [0, 0.05) is 31.6 Å². The molecule has 3 N–H and O–H groups in total. The van der Waals surface area contributed by atoms with E-state index in [1.165, 1.54) is 12.4 Å². The van der Waals surface area contributed by atoms with E-state index in [0.29, 0.717) is 25.1 Å². The Bertz CT molecular complexity index is 439. The molecule has 1 aromatic rings. The van der Waals surface area contributed by atoms with E-state index in [0.717, 1.165) is 6.42 Å². The first-order valence-corrected chi connectivity index (χ1v) is 6.91. The lowest BCUT2D eigenvalue weighted by Gasteiger charge is -2.18. The van der Waals surface area contributed by atoms with Crippen LogP contribution in [0.15, 0.2) is 24.5 Å². The average Bonchev–Trinajstić information content (AvgIpc) is 2.52. The molecule has 0 saturated heterocycles. The maximum atomic E-state index is 12.0. The Labute approximate surface area is 124 Å². The van der Waals surface area contributed by atoms with Crippen LogP contribution in [0.5, 0.6) is 0 Å². The fourth-order valence-corrected chi connectivity index (χ4v) is 1.69. The zero-order valence-corrected chi connectivity index (χ0v) is 12.4. The van der Waals surface area contributed by atoms with Crippen LogP contribution in [0.1, 0.15) is 30.1 Å². The molecule has 1 atom stereocenters. The first kappa shape index (κ1) is 17.1. The van der Waals surface area contributed by atoms with Gasteiger partial charge in [-0.15, -0.1) is 0 Å². The number of nitrogens with one attached hydrogen (secondary N) is 3. The molecule has 0 unspecified atom stereocenters. The number of amides is 2. The summed E-state index contributed by atoms with van der Waals surface area (Å²) in [5, 5.41) is 2.74. The van der Waals surface area contributed by atoms with Gasteiger partial charge in [0.05, 0.1) is 6.61 Å². The van der Waals surface area contributed by atoms with Crippen LogP contribution in [-0.2, 0) is 9.53 Å². The van der Waals surface area contributed by atoms with Crippen molar-refractivity contribution in [3.63, 3.8) is 0 Å². The molecule has 0 bridgehead atoms. The number of hydrogen-bond donors (Lipinski definition) is 3. The molecule has 1 aromatic heterocycles. The van der Waals surface area contributed by atoms with Gasteiger partial charge in [0.25, 0.3) is 5.91 Å². The Kier molecular flexibility index (Phi) is 8.00. The molecule has 1 rings (SSSR count). The summed E-state index contributed by atoms with van der Waals surface area (Å²) in [6.07, 6.45) is 4.52. The molecule has 1 heterocycles. The third kappa shape index (κ3) is 6.33. The molecule has 7 heteroatoms. The van der Waals surface area contributed by atoms with Crippen molar-refractivity contribution in [1.29, 1.82) is 0 Å². The fraction of sp³-hybridized carbons (Fsp3) is 0.500. The Morgan fingerprint density at radius 3 is 2.67 bits per heavy atom. The van der Waals surface area contributed by atoms with Crippen LogP contribution < -0.4 is 16.2 Å². The molecule has 2 amide bonds. The zero-order chi connectivity index (χ0) is 15.5. The minimum Gasteiger partial charge on any atom is -0.383 e. The van der Waals surface area contributed by atoms with Gasteiger partial charge in [-0.3, -0.25) is 20.0 Å². The van der Waals surface area contributed by atoms with E-state index >= 15 is 0 Å². The molecule has 7 nitrogen and oxygen atoms in total. The van der Waals surface area contributed by atoms with E-state index in [1.54, 1.807) is 19.2 Å². The molecule has 0 fully saturated rings. The summed E-state index contributed by atoms with van der Waals surface area (Å²) in [7, 11) is 1.57. The second-order valence-electron chi connectivity index (χ2n) is 4.46. The highest BCUT2D eigenvalue weighted by atomic mass is 16.5. The number of carbonyl (C=O) groups excluding carboxylic acids is 2. The molecule has 0 aliphatic rings. The van der Waals surface area contributed by atoms with E-state index in [2.05, 4.69) is 21.2 Å². The normalized spacial score (nSPS) is 11.7. The number of aromatic nitrogens is 1. The number of carbonyl (C=O) groups is 2. The lowest BCUT2D eigenvalue weighted by atomic mass is 10.1. The molecule has 0 saturated carbocycles. The van der Waals surface area contributed by atoms with Gasteiger partial charge >= 0.3 is 0 Å². The summed E-state index contributed by atoms with van der Waals surface area (Å²) >= 11 is 0. The Morgan fingerprint density at radius 1 is 1.33 bits per heavy atom. The molecular weight excluding hydrogens is 272 g/mol. The summed E-state index contributed by atoms with van der Waals surface area (Å²) < 4.78 is 4.88. The second kappa shape index (κ2) is 9.84. The standard InChI is InChI=1S/C14H22N4O3/c1-3-4-12(14(20)16-9-10-21-2)17-18-13(19)11-5-7-15-8-6-11/h5-8,12,17H,3-4,9-10H2,1-2H3,(H,16,20)(H,18,19)/t12-/m1/s1. The van der Waals surface area contributed by atoms with Gasteiger partial charge in [-0.2, -0.15) is 0 Å². The third-order valence-electron chi connectivity index (χ3n) is 2.80. The maximum absolute atomic E-state index is 12.0. The van der Waals surface area contributed by atoms with Gasteiger partial charge in [0.1, 0.15) is 6.04 Å². The monoisotopic (exact) mass is 294 g/mol. The molecule has 0 aromatic carbocycles. The van der Waals surface area contributed by atoms with Gasteiger partial charge in [0.2, 0.25) is 5.91 Å². The zero-order valence-electron chi connectivity index (χ0n) is 12.4. The quantitative estimate of drug-likeness (QED) is 0.448. The predicted octanol–water partition coefficient (Wildman–Crippen LogP) is 0.247. The summed E-state index contributed by atoms with van der Waals surface area (Å²) in [4.78, 5) is 27.7. The molecular formula is C14H22N4O3. The minimum absolute atomic E-state index is 0.163. The highest BCUT2D eigenvalue weighted by molar-refractivity contribution is 5.94. The largest absolute Gasteiger partial charge is 0.383 e. The van der Waals surface area contributed by atoms with Crippen molar-refractivity contribution in [3.8, 4) is 0 Å². The number of pyridine rings is 1. The third-order valence-corrected chi connectivity index (χ3v) is 2.80. The van der Waals surface area contributed by atoms with Crippen LogP contribution in [-0.4, -0.2) is 43.1 Å². The van der Waals surface area contributed by atoms with Crippen molar-refractivity contribution in [2.75, 3.05) is 20.3 Å². The minimum atomic E-state index is -0.474. The smallest absolute Gasteiger partial charge is 0.265 e. The summed E-state index contributed by atoms with van der Waals surface area (Å²) in [6, 6.07) is 2.73. The topological polar surface area (TPSA) is 92.4 Å². The van der Waals surface area contributed by atoms with Crippen molar-refractivity contribution in [2.24, 2.45) is 0 Å². The molecule has 0 aliphatic carbocycles. The van der Waals surface area contributed by atoms with E-state index in [9.17, 15) is 9.59 Å². The molecule has 21 heavy (non-hydrogen) atoms. The average molecular weight is 294 g/mol. The fourth-order valence-electron chi connectivity index (χ4n) is 1.69. The van der Waals surface area contributed by atoms with Crippen molar-refractivity contribution in [3.05, 3.63) is 30.1 Å². The van der Waals surface area contributed by atoms with E-state index in [-0.39, 0.29) is 11.8 Å². The molecule has 116 valence electrons. The van der Waals surface area contributed by atoms with Crippen LogP contribution in [0.25, 0.3) is 0 Å². The van der Waals surface area contributed by atoms with Crippen molar-refractivity contribution < 1.29 is 14.3 Å². The number of rotatable bonds is 9. The van der Waals surface area contributed by atoms with E-state index in [1.807, 2.05) is 6.92 Å². The highest BCUT2D eigenvalue weighted by Crippen LogP contribution is 1.98. The first-order chi connectivity index (χ1) is 10.2. The highest BCUT2D eigenvalue weighted by Gasteiger charge is 2.17. The first-order valence-electron chi connectivity index (χ1n) is 6.91. The van der Waals surface area contributed by atoms with Gasteiger partial charge in [-0.25, -0.2) is 5.43 Å². The summed E-state index contributed by atoms with van der Waals surface area (Å²) in [5.41, 5.74) is 5.80. The lowest BCUT2D eigenvalue weighted by molar-refractivity contribution is -0.123. The Hall–Kier alpha value is -1.99. The number of ether oxygens (including phenoxy) is 1. The number of methoxy groups -OCH3 is 1. The second-order valence-corrected chi connectivity index (χ2v) is 4.46. The summed E-state index contributed by atoms with van der Waals surface area (Å²) in [5.74, 6) is -0.466. The lowest BCUT2D eigenvalue weighted by Crippen LogP contribution is -2.52. The summed E-state index contributed by atoms with van der Waals surface area (Å²) in [6.45, 7) is 2.87. The molecule has 0 radical (unpaired) electrons. The van der Waals surface area contributed by atoms with Gasteiger partial charge in [-0.05, 0) is 18.6 Å². The van der Waals surface area contributed by atoms with E-state index < -0.39 is 6.04 Å². The maximum Gasteiger partial charge on any atom is 0.265 e. The SMILES string of the molecule is CCC[C@@H](NNC(=O)c1ccncc1)C(=O)NCCOC. The molecule has 0 spiro atoms. The number of hydrazine groups is 1. The van der Waals surface area contributed by atoms with Crippen LogP contribution in [0.2, 0.25) is 0 Å². The number of nitrogens with zero attached hydrogens (tertiary/aromatic N) is 1. The van der Waals surface area contributed by atoms with Crippen molar-refractivity contribution in [2.45, 2.75) is 25.8 Å². The Balaban J connectivity index is 2.46. The van der Waals surface area contributed by atoms with E-state index in [4.69, 9.17) is 4.74 Å². The Morgan fingerprint density at radius 2 is 2.05 bits per heavy atom. The van der Waals surface area contributed by atoms with Gasteiger partial charge in [-0.1, -0.05) is 13.3 Å². The van der Waals surface area contributed by atoms with Crippen LogP contribution in [0.3, 0.4) is 0 Å². The van der Waals surface area contributed by atoms with Crippen LogP contribution in [0, 0.1) is 0 Å².